The first-order valence-corrected chi connectivity index (χ1v) is 7.86. The molecule has 0 aromatic heterocycles. The number of nitrogens with zero attached hydrogens (tertiary/aromatic N) is 2. The highest BCUT2D eigenvalue weighted by atomic mass is 19.1. The summed E-state index contributed by atoms with van der Waals surface area (Å²) in [5, 5.41) is 6.00. The van der Waals surface area contributed by atoms with Gasteiger partial charge in [0.1, 0.15) is 5.82 Å². The number of carbonyl (C=O) groups excluding carboxylic acids is 1. The van der Waals surface area contributed by atoms with Gasteiger partial charge in [-0.05, 0) is 47.4 Å². The topological polar surface area (TPSA) is 32.7 Å². The van der Waals surface area contributed by atoms with Crippen molar-refractivity contribution in [1.29, 1.82) is 0 Å². The summed E-state index contributed by atoms with van der Waals surface area (Å²) in [7, 11) is 0. The fourth-order valence-corrected chi connectivity index (χ4v) is 2.96. The van der Waals surface area contributed by atoms with E-state index in [9.17, 15) is 9.18 Å². The minimum atomic E-state index is -0.290. The van der Waals surface area contributed by atoms with E-state index in [0.717, 1.165) is 28.0 Å². The number of aryl methyl sites for hydroxylation is 1. The SMILES string of the molecule is C=Cc1cc(C2=NN(C(C)=O)C(c3ccc(F)cc3)C2)ccc1C. The molecule has 0 aliphatic carbocycles. The molecule has 1 atom stereocenters. The minimum absolute atomic E-state index is 0.129. The molecule has 0 radical (unpaired) electrons. The van der Waals surface area contributed by atoms with Crippen LogP contribution in [0.5, 0.6) is 0 Å². The molecule has 24 heavy (non-hydrogen) atoms. The lowest BCUT2D eigenvalue weighted by molar-refractivity contribution is -0.130. The molecule has 3 nitrogen and oxygen atoms in total. The van der Waals surface area contributed by atoms with Crippen LogP contribution >= 0.6 is 0 Å². The molecule has 1 aliphatic rings. The van der Waals surface area contributed by atoms with Gasteiger partial charge in [0, 0.05) is 13.3 Å². The third-order valence-corrected chi connectivity index (χ3v) is 4.32. The Morgan fingerprint density at radius 3 is 2.62 bits per heavy atom. The Kier molecular flexibility index (Phi) is 4.30. The van der Waals surface area contributed by atoms with Gasteiger partial charge in [-0.2, -0.15) is 5.10 Å². The summed E-state index contributed by atoms with van der Waals surface area (Å²) in [6.45, 7) is 7.36. The molecule has 3 rings (SSSR count). The van der Waals surface area contributed by atoms with Crippen molar-refractivity contribution in [2.75, 3.05) is 0 Å². The number of hydrogen-bond acceptors (Lipinski definition) is 2. The van der Waals surface area contributed by atoms with Crippen LogP contribution in [0.3, 0.4) is 0 Å². The van der Waals surface area contributed by atoms with Gasteiger partial charge in [0.2, 0.25) is 5.91 Å². The third kappa shape index (κ3) is 3.00. The van der Waals surface area contributed by atoms with Crippen LogP contribution in [0.25, 0.3) is 6.08 Å². The van der Waals surface area contributed by atoms with E-state index in [-0.39, 0.29) is 17.8 Å². The molecule has 0 N–H and O–H groups in total. The monoisotopic (exact) mass is 322 g/mol. The van der Waals surface area contributed by atoms with E-state index in [1.54, 1.807) is 12.1 Å². The summed E-state index contributed by atoms with van der Waals surface area (Å²) >= 11 is 0. The Hall–Kier alpha value is -2.75. The van der Waals surface area contributed by atoms with Gasteiger partial charge in [-0.3, -0.25) is 4.79 Å². The molecule has 4 heteroatoms. The second-order valence-electron chi connectivity index (χ2n) is 5.96. The number of benzene rings is 2. The summed E-state index contributed by atoms with van der Waals surface area (Å²) in [4.78, 5) is 12.0. The van der Waals surface area contributed by atoms with E-state index in [1.165, 1.54) is 24.1 Å². The highest BCUT2D eigenvalue weighted by molar-refractivity contribution is 6.03. The zero-order chi connectivity index (χ0) is 17.3. The highest BCUT2D eigenvalue weighted by Gasteiger charge is 2.31. The second kappa shape index (κ2) is 6.40. The number of hydrogen-bond donors (Lipinski definition) is 0. The molecule has 0 bridgehead atoms. The van der Waals surface area contributed by atoms with E-state index >= 15 is 0 Å². The number of rotatable bonds is 3. The number of amides is 1. The van der Waals surface area contributed by atoms with Crippen molar-refractivity contribution in [2.24, 2.45) is 5.10 Å². The van der Waals surface area contributed by atoms with Crippen molar-refractivity contribution in [3.05, 3.63) is 77.1 Å². The Balaban J connectivity index is 1.96. The lowest BCUT2D eigenvalue weighted by Crippen LogP contribution is -2.24. The maximum absolute atomic E-state index is 13.2. The lowest BCUT2D eigenvalue weighted by Gasteiger charge is -2.20. The first-order chi connectivity index (χ1) is 11.5. The zero-order valence-corrected chi connectivity index (χ0v) is 13.8. The molecular weight excluding hydrogens is 303 g/mol. The van der Waals surface area contributed by atoms with Crippen molar-refractivity contribution in [1.82, 2.24) is 5.01 Å². The maximum Gasteiger partial charge on any atom is 0.240 e. The molecular formula is C20H19FN2O. The molecule has 0 saturated heterocycles. The molecule has 0 spiro atoms. The Labute approximate surface area is 141 Å². The molecule has 0 fully saturated rings. The quantitative estimate of drug-likeness (QED) is 0.820. The summed E-state index contributed by atoms with van der Waals surface area (Å²) in [5.41, 5.74) is 4.90. The molecule has 2 aromatic rings. The summed E-state index contributed by atoms with van der Waals surface area (Å²) in [6, 6.07) is 12.1. The first kappa shape index (κ1) is 16.1. The molecule has 1 heterocycles. The average Bonchev–Trinajstić information content (AvgIpc) is 3.01. The van der Waals surface area contributed by atoms with Crippen LogP contribution in [-0.2, 0) is 4.79 Å². The predicted octanol–water partition coefficient (Wildman–Crippen LogP) is 4.47. The van der Waals surface area contributed by atoms with E-state index < -0.39 is 0 Å². The van der Waals surface area contributed by atoms with Gasteiger partial charge < -0.3 is 0 Å². The van der Waals surface area contributed by atoms with Gasteiger partial charge in [0.05, 0.1) is 11.8 Å². The van der Waals surface area contributed by atoms with Gasteiger partial charge in [-0.1, -0.05) is 36.9 Å². The number of hydrazone groups is 1. The van der Waals surface area contributed by atoms with E-state index in [4.69, 9.17) is 0 Å². The van der Waals surface area contributed by atoms with E-state index in [0.29, 0.717) is 6.42 Å². The fourth-order valence-electron chi connectivity index (χ4n) is 2.96. The van der Waals surface area contributed by atoms with Crippen molar-refractivity contribution >= 4 is 17.7 Å². The van der Waals surface area contributed by atoms with Gasteiger partial charge in [0.15, 0.2) is 0 Å². The van der Waals surface area contributed by atoms with Gasteiger partial charge in [-0.25, -0.2) is 9.40 Å². The zero-order valence-electron chi connectivity index (χ0n) is 13.8. The Morgan fingerprint density at radius 2 is 2.00 bits per heavy atom. The standard InChI is InChI=1S/C20H19FN2O/c1-4-15-11-17(6-5-13(15)2)19-12-20(23(22-19)14(3)24)16-7-9-18(21)10-8-16/h4-11,20H,1,12H2,2-3H3. The first-order valence-electron chi connectivity index (χ1n) is 7.86. The maximum atomic E-state index is 13.2. The van der Waals surface area contributed by atoms with Crippen molar-refractivity contribution in [3.63, 3.8) is 0 Å². The molecule has 122 valence electrons. The molecule has 1 aliphatic heterocycles. The highest BCUT2D eigenvalue weighted by Crippen LogP contribution is 2.33. The van der Waals surface area contributed by atoms with Crippen molar-refractivity contribution in [3.8, 4) is 0 Å². The average molecular weight is 322 g/mol. The normalized spacial score (nSPS) is 16.9. The van der Waals surface area contributed by atoms with Crippen LogP contribution in [0.15, 0.2) is 54.1 Å². The van der Waals surface area contributed by atoms with Crippen molar-refractivity contribution in [2.45, 2.75) is 26.3 Å². The number of carbonyl (C=O) groups is 1. The molecule has 1 amide bonds. The predicted molar refractivity (Wildman–Crippen MR) is 94.1 cm³/mol. The number of halogens is 1. The Morgan fingerprint density at radius 1 is 1.29 bits per heavy atom. The van der Waals surface area contributed by atoms with Gasteiger partial charge >= 0.3 is 0 Å². The van der Waals surface area contributed by atoms with Crippen LogP contribution in [0, 0.1) is 12.7 Å². The van der Waals surface area contributed by atoms with Gasteiger partial charge in [0.25, 0.3) is 0 Å². The Bertz CT molecular complexity index is 824. The largest absolute Gasteiger partial charge is 0.273 e. The van der Waals surface area contributed by atoms with Crippen molar-refractivity contribution < 1.29 is 9.18 Å². The van der Waals surface area contributed by atoms with Gasteiger partial charge in [-0.15, -0.1) is 0 Å². The summed E-state index contributed by atoms with van der Waals surface area (Å²) < 4.78 is 13.2. The third-order valence-electron chi connectivity index (χ3n) is 4.32. The summed E-state index contributed by atoms with van der Waals surface area (Å²) in [5.74, 6) is -0.420. The van der Waals surface area contributed by atoms with Crippen LogP contribution in [0.4, 0.5) is 4.39 Å². The summed E-state index contributed by atoms with van der Waals surface area (Å²) in [6.07, 6.45) is 2.42. The van der Waals surface area contributed by atoms with Crippen LogP contribution in [-0.4, -0.2) is 16.6 Å². The van der Waals surface area contributed by atoms with Crippen LogP contribution in [0.1, 0.15) is 41.6 Å². The fraction of sp³-hybridized carbons (Fsp3) is 0.200. The molecule has 0 saturated carbocycles. The molecule has 1 unspecified atom stereocenters. The van der Waals surface area contributed by atoms with E-state index in [1.807, 2.05) is 31.2 Å². The second-order valence-corrected chi connectivity index (χ2v) is 5.96. The van der Waals surface area contributed by atoms with E-state index in [2.05, 4.69) is 11.7 Å². The van der Waals surface area contributed by atoms with Crippen LogP contribution in [0.2, 0.25) is 0 Å². The molecule has 2 aromatic carbocycles. The lowest BCUT2D eigenvalue weighted by atomic mass is 9.96. The smallest absolute Gasteiger partial charge is 0.240 e. The van der Waals surface area contributed by atoms with Crippen LogP contribution < -0.4 is 0 Å². The minimum Gasteiger partial charge on any atom is -0.273 e.